The topological polar surface area (TPSA) is 77.2 Å². The maximum absolute atomic E-state index is 14.1. The van der Waals surface area contributed by atoms with Gasteiger partial charge >= 0.3 is 0 Å². The van der Waals surface area contributed by atoms with Crippen molar-refractivity contribution in [3.63, 3.8) is 0 Å². The number of rotatable bonds is 8. The predicted octanol–water partition coefficient (Wildman–Crippen LogP) is 3.13. The summed E-state index contributed by atoms with van der Waals surface area (Å²) in [5, 5.41) is 2.71. The van der Waals surface area contributed by atoms with Gasteiger partial charge in [0.15, 0.2) is 11.6 Å². The minimum absolute atomic E-state index is 0. The molecule has 8 heteroatoms. The average molecular weight is 386 g/mol. The Bertz CT molecular complexity index is 676. The van der Waals surface area contributed by atoms with Gasteiger partial charge in [0.25, 0.3) is 0 Å². The molecule has 5 nitrogen and oxygen atoms in total. The SMILES string of the molecule is CSCC[C@H](N)C(=O)NCc1ccc(Oc2cccnc2)c(F)c1.Cl. The van der Waals surface area contributed by atoms with Gasteiger partial charge in [0.05, 0.1) is 12.2 Å². The van der Waals surface area contributed by atoms with Crippen molar-refractivity contribution in [3.8, 4) is 11.5 Å². The molecule has 1 aromatic heterocycles. The molecule has 0 fully saturated rings. The number of amides is 1. The van der Waals surface area contributed by atoms with Crippen molar-refractivity contribution < 1.29 is 13.9 Å². The predicted molar refractivity (Wildman–Crippen MR) is 101 cm³/mol. The molecule has 1 atom stereocenters. The highest BCUT2D eigenvalue weighted by molar-refractivity contribution is 7.98. The van der Waals surface area contributed by atoms with Gasteiger partial charge in [0.2, 0.25) is 5.91 Å². The first-order valence-electron chi connectivity index (χ1n) is 7.48. The minimum Gasteiger partial charge on any atom is -0.453 e. The highest BCUT2D eigenvalue weighted by atomic mass is 35.5. The molecule has 1 aromatic carbocycles. The third-order valence-corrected chi connectivity index (χ3v) is 3.94. The van der Waals surface area contributed by atoms with E-state index in [2.05, 4.69) is 10.3 Å². The van der Waals surface area contributed by atoms with Crippen molar-refractivity contribution in [2.45, 2.75) is 19.0 Å². The summed E-state index contributed by atoms with van der Waals surface area (Å²) in [5.74, 6) is 0.647. The normalized spacial score (nSPS) is 11.3. The highest BCUT2D eigenvalue weighted by Gasteiger charge is 2.13. The largest absolute Gasteiger partial charge is 0.453 e. The second kappa shape index (κ2) is 10.9. The van der Waals surface area contributed by atoms with Crippen LogP contribution in [0.15, 0.2) is 42.7 Å². The van der Waals surface area contributed by atoms with Crippen LogP contribution in [0.25, 0.3) is 0 Å². The van der Waals surface area contributed by atoms with Crippen molar-refractivity contribution in [2.24, 2.45) is 5.73 Å². The summed E-state index contributed by atoms with van der Waals surface area (Å²) in [4.78, 5) is 15.8. The number of benzene rings is 1. The van der Waals surface area contributed by atoms with Gasteiger partial charge in [-0.3, -0.25) is 9.78 Å². The Balaban J connectivity index is 0.00000312. The molecule has 2 rings (SSSR count). The van der Waals surface area contributed by atoms with Gasteiger partial charge in [-0.2, -0.15) is 11.8 Å². The Kier molecular flexibility index (Phi) is 9.26. The molecule has 0 saturated carbocycles. The average Bonchev–Trinajstić information content (AvgIpc) is 2.60. The van der Waals surface area contributed by atoms with Crippen LogP contribution in [0.3, 0.4) is 0 Å². The standard InChI is InChI=1S/C17H20FN3O2S.ClH/c1-24-8-6-15(19)17(22)21-10-12-4-5-16(14(18)9-12)23-13-3-2-7-20-11-13;/h2-5,7,9,11,15H,6,8,10,19H2,1H3,(H,21,22);1H/t15-;/m0./s1. The Morgan fingerprint density at radius 2 is 2.24 bits per heavy atom. The zero-order chi connectivity index (χ0) is 17.4. The molecule has 2 aromatic rings. The van der Waals surface area contributed by atoms with Crippen molar-refractivity contribution in [2.75, 3.05) is 12.0 Å². The second-order valence-electron chi connectivity index (χ2n) is 5.16. The number of carbonyl (C=O) groups is 1. The lowest BCUT2D eigenvalue weighted by molar-refractivity contribution is -0.122. The molecule has 0 aliphatic heterocycles. The first-order valence-corrected chi connectivity index (χ1v) is 8.88. The van der Waals surface area contributed by atoms with Crippen molar-refractivity contribution in [1.82, 2.24) is 10.3 Å². The number of halogens is 2. The molecule has 136 valence electrons. The monoisotopic (exact) mass is 385 g/mol. The summed E-state index contributed by atoms with van der Waals surface area (Å²) in [7, 11) is 0. The molecular formula is C17H21ClFN3O2S. The Labute approximate surface area is 157 Å². The summed E-state index contributed by atoms with van der Waals surface area (Å²) in [6.07, 6.45) is 5.68. The lowest BCUT2D eigenvalue weighted by Crippen LogP contribution is -2.40. The van der Waals surface area contributed by atoms with Crippen molar-refractivity contribution in [3.05, 3.63) is 54.1 Å². The number of nitrogens with zero attached hydrogens (tertiary/aromatic N) is 1. The molecule has 0 saturated heterocycles. The Morgan fingerprint density at radius 3 is 2.88 bits per heavy atom. The van der Waals surface area contributed by atoms with Crippen LogP contribution in [-0.2, 0) is 11.3 Å². The van der Waals surface area contributed by atoms with E-state index in [0.717, 1.165) is 5.75 Å². The number of hydrogen-bond acceptors (Lipinski definition) is 5. The van der Waals surface area contributed by atoms with Crippen LogP contribution in [0.1, 0.15) is 12.0 Å². The number of ether oxygens (including phenoxy) is 1. The number of carbonyl (C=O) groups excluding carboxylic acids is 1. The number of hydrogen-bond donors (Lipinski definition) is 2. The van der Waals surface area contributed by atoms with Crippen molar-refractivity contribution >= 4 is 30.1 Å². The Hall–Kier alpha value is -1.83. The van der Waals surface area contributed by atoms with Gasteiger partial charge in [0.1, 0.15) is 5.75 Å². The molecule has 0 radical (unpaired) electrons. The minimum atomic E-state index is -0.546. The lowest BCUT2D eigenvalue weighted by Gasteiger charge is -2.12. The van der Waals surface area contributed by atoms with Crippen LogP contribution < -0.4 is 15.8 Å². The van der Waals surface area contributed by atoms with E-state index >= 15 is 0 Å². The molecule has 0 unspecified atom stereocenters. The number of thioether (sulfide) groups is 1. The first kappa shape index (κ1) is 21.2. The molecule has 3 N–H and O–H groups in total. The van der Waals surface area contributed by atoms with E-state index < -0.39 is 11.9 Å². The van der Waals surface area contributed by atoms with E-state index in [1.165, 1.54) is 18.3 Å². The fourth-order valence-electron chi connectivity index (χ4n) is 1.97. The van der Waals surface area contributed by atoms with Gasteiger partial charge in [-0.1, -0.05) is 6.07 Å². The van der Waals surface area contributed by atoms with E-state index in [-0.39, 0.29) is 30.6 Å². The Morgan fingerprint density at radius 1 is 1.44 bits per heavy atom. The van der Waals surface area contributed by atoms with Gasteiger partial charge < -0.3 is 15.8 Å². The van der Waals surface area contributed by atoms with E-state index in [1.807, 2.05) is 6.26 Å². The summed E-state index contributed by atoms with van der Waals surface area (Å²) in [6.45, 7) is 0.218. The van der Waals surface area contributed by atoms with Crippen LogP contribution in [0.2, 0.25) is 0 Å². The summed E-state index contributed by atoms with van der Waals surface area (Å²) in [5.41, 5.74) is 6.42. The third-order valence-electron chi connectivity index (χ3n) is 3.29. The highest BCUT2D eigenvalue weighted by Crippen LogP contribution is 2.24. The van der Waals surface area contributed by atoms with Crippen molar-refractivity contribution in [1.29, 1.82) is 0 Å². The number of nitrogens with one attached hydrogen (secondary N) is 1. The van der Waals surface area contributed by atoms with E-state index in [0.29, 0.717) is 17.7 Å². The maximum atomic E-state index is 14.1. The molecule has 0 aliphatic carbocycles. The lowest BCUT2D eigenvalue weighted by atomic mass is 10.2. The third kappa shape index (κ3) is 6.89. The maximum Gasteiger partial charge on any atom is 0.237 e. The fraction of sp³-hybridized carbons (Fsp3) is 0.294. The molecular weight excluding hydrogens is 365 g/mol. The zero-order valence-corrected chi connectivity index (χ0v) is 15.4. The van der Waals surface area contributed by atoms with Gasteiger partial charge in [-0.25, -0.2) is 4.39 Å². The molecule has 1 amide bonds. The molecule has 0 spiro atoms. The molecule has 0 aliphatic rings. The summed E-state index contributed by atoms with van der Waals surface area (Å²) in [6, 6.07) is 7.41. The van der Waals surface area contributed by atoms with Crippen LogP contribution in [-0.4, -0.2) is 28.9 Å². The van der Waals surface area contributed by atoms with Gasteiger partial charge in [-0.15, -0.1) is 12.4 Å². The number of pyridine rings is 1. The van der Waals surface area contributed by atoms with Gasteiger partial charge in [-0.05, 0) is 48.3 Å². The molecule has 25 heavy (non-hydrogen) atoms. The fourth-order valence-corrected chi connectivity index (χ4v) is 2.46. The summed E-state index contributed by atoms with van der Waals surface area (Å²) >= 11 is 1.64. The van der Waals surface area contributed by atoms with E-state index in [9.17, 15) is 9.18 Å². The van der Waals surface area contributed by atoms with Crippen LogP contribution >= 0.6 is 24.2 Å². The zero-order valence-electron chi connectivity index (χ0n) is 13.8. The van der Waals surface area contributed by atoms with E-state index in [4.69, 9.17) is 10.5 Å². The van der Waals surface area contributed by atoms with Crippen LogP contribution in [0.5, 0.6) is 11.5 Å². The quantitative estimate of drug-likeness (QED) is 0.730. The van der Waals surface area contributed by atoms with E-state index in [1.54, 1.807) is 36.2 Å². The first-order chi connectivity index (χ1) is 11.6. The number of aromatic nitrogens is 1. The number of nitrogens with two attached hydrogens (primary N) is 1. The second-order valence-corrected chi connectivity index (χ2v) is 6.15. The van der Waals surface area contributed by atoms with Crippen LogP contribution in [0.4, 0.5) is 4.39 Å². The smallest absolute Gasteiger partial charge is 0.237 e. The summed E-state index contributed by atoms with van der Waals surface area (Å²) < 4.78 is 19.5. The van der Waals surface area contributed by atoms with Crippen LogP contribution in [0, 0.1) is 5.82 Å². The van der Waals surface area contributed by atoms with Gasteiger partial charge in [0, 0.05) is 12.7 Å². The molecule has 1 heterocycles. The molecule has 0 bridgehead atoms.